The zero-order chi connectivity index (χ0) is 17.6. The van der Waals surface area contributed by atoms with E-state index in [4.69, 9.17) is 0 Å². The topological polar surface area (TPSA) is 37.3 Å². The molecular weight excluding hydrogens is 373 g/mol. The van der Waals surface area contributed by atoms with Gasteiger partial charge in [-0.15, -0.1) is 0 Å². The van der Waals surface area contributed by atoms with Gasteiger partial charge in [-0.1, -0.05) is 49.5 Å². The standard InChI is InChI=1S/C17H20BrF3O2/c1-15(2,3)13-11(17(19,20)21)8-10(9-12(13)18)16(14(22)23)6-4-5-7-16/h8-9H,4-7H2,1-3H3,(H,22,23). The summed E-state index contributed by atoms with van der Waals surface area (Å²) in [6.45, 7) is 5.14. The summed E-state index contributed by atoms with van der Waals surface area (Å²) >= 11 is 3.25. The van der Waals surface area contributed by atoms with E-state index in [0.717, 1.165) is 6.07 Å². The number of hydrogen-bond acceptors (Lipinski definition) is 1. The first-order valence-corrected chi connectivity index (χ1v) is 8.34. The Morgan fingerprint density at radius 1 is 1.17 bits per heavy atom. The molecule has 0 radical (unpaired) electrons. The van der Waals surface area contributed by atoms with Crippen molar-refractivity contribution in [3.63, 3.8) is 0 Å². The Kier molecular flexibility index (Phi) is 4.61. The zero-order valence-electron chi connectivity index (χ0n) is 13.4. The number of benzene rings is 1. The number of rotatable bonds is 2. The molecule has 23 heavy (non-hydrogen) atoms. The number of carboxylic acid groups (broad SMARTS) is 1. The summed E-state index contributed by atoms with van der Waals surface area (Å²) in [5.41, 5.74) is -2.27. The molecule has 2 rings (SSSR count). The molecule has 1 aliphatic rings. The normalized spacial score (nSPS) is 18.2. The minimum absolute atomic E-state index is 0.160. The van der Waals surface area contributed by atoms with Crippen LogP contribution < -0.4 is 0 Å². The second-order valence-corrected chi connectivity index (χ2v) is 8.08. The molecule has 1 fully saturated rings. The molecule has 1 saturated carbocycles. The van der Waals surface area contributed by atoms with Crippen molar-refractivity contribution in [3.8, 4) is 0 Å². The predicted octanol–water partition coefficient (Wildman–Crippen LogP) is 5.66. The minimum Gasteiger partial charge on any atom is -0.481 e. The molecule has 0 saturated heterocycles. The number of halogens is 4. The quantitative estimate of drug-likeness (QED) is 0.704. The van der Waals surface area contributed by atoms with Crippen molar-refractivity contribution in [2.75, 3.05) is 0 Å². The summed E-state index contributed by atoms with van der Waals surface area (Å²) in [7, 11) is 0. The highest BCUT2D eigenvalue weighted by Gasteiger charge is 2.46. The van der Waals surface area contributed by atoms with Gasteiger partial charge in [0.1, 0.15) is 0 Å². The van der Waals surface area contributed by atoms with Gasteiger partial charge >= 0.3 is 12.1 Å². The molecule has 1 aromatic rings. The van der Waals surface area contributed by atoms with Crippen molar-refractivity contribution in [1.29, 1.82) is 0 Å². The molecule has 128 valence electrons. The first-order valence-electron chi connectivity index (χ1n) is 7.55. The second-order valence-electron chi connectivity index (χ2n) is 7.22. The van der Waals surface area contributed by atoms with E-state index in [-0.39, 0.29) is 11.1 Å². The molecule has 0 amide bonds. The van der Waals surface area contributed by atoms with Crippen molar-refractivity contribution >= 4 is 21.9 Å². The van der Waals surface area contributed by atoms with Crippen LogP contribution in [0.3, 0.4) is 0 Å². The second kappa shape index (κ2) is 5.80. The largest absolute Gasteiger partial charge is 0.481 e. The monoisotopic (exact) mass is 392 g/mol. The number of carboxylic acids is 1. The average Bonchev–Trinajstić information content (AvgIpc) is 2.85. The summed E-state index contributed by atoms with van der Waals surface area (Å²) in [6, 6.07) is 2.61. The van der Waals surface area contributed by atoms with Gasteiger partial charge in [-0.3, -0.25) is 4.79 Å². The van der Waals surface area contributed by atoms with Crippen molar-refractivity contribution in [2.24, 2.45) is 0 Å². The van der Waals surface area contributed by atoms with Crippen LogP contribution in [0.15, 0.2) is 16.6 Å². The molecule has 0 spiro atoms. The van der Waals surface area contributed by atoms with Crippen LogP contribution in [0.5, 0.6) is 0 Å². The van der Waals surface area contributed by atoms with Gasteiger partial charge in [0.25, 0.3) is 0 Å². The van der Waals surface area contributed by atoms with Crippen molar-refractivity contribution in [2.45, 2.75) is 63.5 Å². The third kappa shape index (κ3) is 3.28. The summed E-state index contributed by atoms with van der Waals surface area (Å²) in [4.78, 5) is 11.8. The van der Waals surface area contributed by atoms with Crippen LogP contribution in [0.25, 0.3) is 0 Å². The molecule has 1 N–H and O–H groups in total. The number of carbonyl (C=O) groups is 1. The third-order valence-corrected chi connectivity index (χ3v) is 5.19. The molecule has 1 aromatic carbocycles. The van der Waals surface area contributed by atoms with Crippen molar-refractivity contribution < 1.29 is 23.1 Å². The van der Waals surface area contributed by atoms with Gasteiger partial charge < -0.3 is 5.11 Å². The maximum absolute atomic E-state index is 13.6. The minimum atomic E-state index is -4.53. The predicted molar refractivity (Wildman–Crippen MR) is 85.6 cm³/mol. The Morgan fingerprint density at radius 3 is 2.09 bits per heavy atom. The molecule has 2 nitrogen and oxygen atoms in total. The van der Waals surface area contributed by atoms with Crippen LogP contribution in [0.1, 0.15) is 63.1 Å². The molecule has 0 aromatic heterocycles. The van der Waals surface area contributed by atoms with E-state index in [0.29, 0.717) is 30.2 Å². The van der Waals surface area contributed by atoms with Crippen LogP contribution in [-0.4, -0.2) is 11.1 Å². The van der Waals surface area contributed by atoms with Crippen LogP contribution in [0.2, 0.25) is 0 Å². The number of hydrogen-bond donors (Lipinski definition) is 1. The van der Waals surface area contributed by atoms with E-state index >= 15 is 0 Å². The Labute approximate surface area is 142 Å². The lowest BCUT2D eigenvalue weighted by Crippen LogP contribution is -2.33. The first-order chi connectivity index (χ1) is 10.4. The smallest absolute Gasteiger partial charge is 0.416 e. The van der Waals surface area contributed by atoms with Crippen LogP contribution >= 0.6 is 15.9 Å². The van der Waals surface area contributed by atoms with Gasteiger partial charge in [0.05, 0.1) is 11.0 Å². The Morgan fingerprint density at radius 2 is 1.70 bits per heavy atom. The molecule has 0 aliphatic heterocycles. The SMILES string of the molecule is CC(C)(C)c1c(Br)cc(C2(C(=O)O)CCCC2)cc1C(F)(F)F. The lowest BCUT2D eigenvalue weighted by Gasteiger charge is -2.30. The molecule has 0 atom stereocenters. The fourth-order valence-corrected chi connectivity index (χ4v) is 4.53. The molecular formula is C17H20BrF3O2. The van der Waals surface area contributed by atoms with Crippen molar-refractivity contribution in [1.82, 2.24) is 0 Å². The van der Waals surface area contributed by atoms with Crippen LogP contribution in [-0.2, 0) is 21.8 Å². The Bertz CT molecular complexity index is 624. The average molecular weight is 393 g/mol. The third-order valence-electron chi connectivity index (χ3n) is 4.56. The highest BCUT2D eigenvalue weighted by molar-refractivity contribution is 9.10. The zero-order valence-corrected chi connectivity index (χ0v) is 14.9. The maximum atomic E-state index is 13.6. The highest BCUT2D eigenvalue weighted by Crippen LogP contribution is 2.47. The summed E-state index contributed by atoms with van der Waals surface area (Å²) in [6.07, 6.45) is -2.35. The van der Waals surface area contributed by atoms with Crippen LogP contribution in [0.4, 0.5) is 13.2 Å². The van der Waals surface area contributed by atoms with Crippen molar-refractivity contribution in [3.05, 3.63) is 33.3 Å². The Hall–Kier alpha value is -1.04. The lowest BCUT2D eigenvalue weighted by molar-refractivity contribution is -0.144. The molecule has 0 unspecified atom stereocenters. The summed E-state index contributed by atoms with van der Waals surface area (Å²) in [5.74, 6) is -1.04. The fraction of sp³-hybridized carbons (Fsp3) is 0.588. The fourth-order valence-electron chi connectivity index (χ4n) is 3.47. The lowest BCUT2D eigenvalue weighted by atomic mass is 9.75. The molecule has 6 heteroatoms. The van der Waals surface area contributed by atoms with Gasteiger partial charge in [0, 0.05) is 4.47 Å². The van der Waals surface area contributed by atoms with E-state index in [1.807, 2.05) is 0 Å². The first kappa shape index (κ1) is 18.3. The van der Waals surface area contributed by atoms with E-state index in [2.05, 4.69) is 15.9 Å². The summed E-state index contributed by atoms with van der Waals surface area (Å²) < 4.78 is 41.1. The van der Waals surface area contributed by atoms with Gasteiger partial charge in [-0.2, -0.15) is 13.2 Å². The maximum Gasteiger partial charge on any atom is 0.416 e. The van der Waals surface area contributed by atoms with E-state index in [1.165, 1.54) is 0 Å². The molecule has 0 heterocycles. The molecule has 1 aliphatic carbocycles. The molecule has 0 bridgehead atoms. The van der Waals surface area contributed by atoms with E-state index in [1.54, 1.807) is 26.8 Å². The van der Waals surface area contributed by atoms with Crippen LogP contribution in [0, 0.1) is 0 Å². The van der Waals surface area contributed by atoms with E-state index < -0.39 is 28.5 Å². The number of alkyl halides is 3. The van der Waals surface area contributed by atoms with Gasteiger partial charge in [-0.25, -0.2) is 0 Å². The Balaban J connectivity index is 2.75. The van der Waals surface area contributed by atoms with E-state index in [9.17, 15) is 23.1 Å². The summed E-state index contributed by atoms with van der Waals surface area (Å²) in [5, 5.41) is 9.63. The van der Waals surface area contributed by atoms with Gasteiger partial charge in [-0.05, 0) is 41.5 Å². The van der Waals surface area contributed by atoms with Gasteiger partial charge in [0.2, 0.25) is 0 Å². The number of aliphatic carboxylic acids is 1. The highest BCUT2D eigenvalue weighted by atomic mass is 79.9. The van der Waals surface area contributed by atoms with Gasteiger partial charge in [0.15, 0.2) is 0 Å².